The van der Waals surface area contributed by atoms with Crippen LogP contribution in [0.5, 0.6) is 0 Å². The van der Waals surface area contributed by atoms with Crippen LogP contribution in [0.2, 0.25) is 0 Å². The Morgan fingerprint density at radius 2 is 2.06 bits per heavy atom. The number of carboxylic acids is 1. The van der Waals surface area contributed by atoms with Crippen LogP contribution in [0.25, 0.3) is 0 Å². The average molecular weight is 240 g/mol. The fraction of sp³-hybridized carbons (Fsp3) is 0.545. The van der Waals surface area contributed by atoms with Crippen LogP contribution in [0.15, 0.2) is 10.6 Å². The maximum Gasteiger partial charge on any atom is 0.325 e. The quantitative estimate of drug-likeness (QED) is 0.827. The molecule has 0 aliphatic heterocycles. The zero-order valence-electron chi connectivity index (χ0n) is 10.3. The predicted molar refractivity (Wildman–Crippen MR) is 59.8 cm³/mol. The van der Waals surface area contributed by atoms with Gasteiger partial charge in [0, 0.05) is 11.5 Å². The van der Waals surface area contributed by atoms with Crippen LogP contribution < -0.4 is 5.32 Å². The van der Waals surface area contributed by atoms with Crippen molar-refractivity contribution in [2.45, 2.75) is 39.2 Å². The minimum atomic E-state index is -1.10. The highest BCUT2D eigenvalue weighted by molar-refractivity contribution is 5.94. The molecule has 1 rings (SSSR count). The van der Waals surface area contributed by atoms with Gasteiger partial charge in [0.25, 0.3) is 5.91 Å². The molecule has 0 saturated carbocycles. The molecule has 0 spiro atoms. The van der Waals surface area contributed by atoms with Crippen LogP contribution in [0.4, 0.5) is 0 Å². The average Bonchev–Trinajstić information content (AvgIpc) is 2.65. The topological polar surface area (TPSA) is 92.4 Å². The molecule has 17 heavy (non-hydrogen) atoms. The smallest absolute Gasteiger partial charge is 0.325 e. The summed E-state index contributed by atoms with van der Waals surface area (Å²) in [6, 6.07) is 0.557. The van der Waals surface area contributed by atoms with Crippen molar-refractivity contribution in [1.29, 1.82) is 0 Å². The van der Waals surface area contributed by atoms with Crippen molar-refractivity contribution in [3.05, 3.63) is 17.5 Å². The molecular weight excluding hydrogens is 224 g/mol. The summed E-state index contributed by atoms with van der Waals surface area (Å²) in [5.41, 5.74) is -0.160. The summed E-state index contributed by atoms with van der Waals surface area (Å²) in [5.74, 6) is -1.08. The van der Waals surface area contributed by atoms with E-state index < -0.39 is 17.9 Å². The highest BCUT2D eigenvalue weighted by atomic mass is 16.5. The van der Waals surface area contributed by atoms with Crippen LogP contribution in [-0.2, 0) is 10.2 Å². The van der Waals surface area contributed by atoms with Gasteiger partial charge in [0.15, 0.2) is 5.69 Å². The Labute approximate surface area is 99.0 Å². The molecule has 0 radical (unpaired) electrons. The molecule has 6 heteroatoms. The summed E-state index contributed by atoms with van der Waals surface area (Å²) in [4.78, 5) is 22.2. The van der Waals surface area contributed by atoms with Crippen LogP contribution in [-0.4, -0.2) is 28.2 Å². The van der Waals surface area contributed by atoms with E-state index in [0.717, 1.165) is 0 Å². The number of aliphatic carboxylic acids is 1. The first-order chi connectivity index (χ1) is 7.71. The molecule has 2 N–H and O–H groups in total. The van der Waals surface area contributed by atoms with Gasteiger partial charge in [-0.2, -0.15) is 0 Å². The van der Waals surface area contributed by atoms with Crippen molar-refractivity contribution >= 4 is 11.9 Å². The number of hydrogen-bond acceptors (Lipinski definition) is 4. The summed E-state index contributed by atoms with van der Waals surface area (Å²) in [6.07, 6.45) is 0. The molecule has 1 aromatic rings. The third-order valence-corrected chi connectivity index (χ3v) is 2.20. The fourth-order valence-corrected chi connectivity index (χ4v) is 1.07. The van der Waals surface area contributed by atoms with E-state index in [9.17, 15) is 9.59 Å². The third-order valence-electron chi connectivity index (χ3n) is 2.20. The van der Waals surface area contributed by atoms with Gasteiger partial charge < -0.3 is 14.9 Å². The Hall–Kier alpha value is -1.85. The second kappa shape index (κ2) is 4.57. The first kappa shape index (κ1) is 13.2. The van der Waals surface area contributed by atoms with E-state index in [1.807, 2.05) is 20.8 Å². The summed E-state index contributed by atoms with van der Waals surface area (Å²) >= 11 is 0. The lowest BCUT2D eigenvalue weighted by molar-refractivity contribution is -0.138. The van der Waals surface area contributed by atoms with E-state index in [1.165, 1.54) is 13.0 Å². The minimum Gasteiger partial charge on any atom is -0.480 e. The molecule has 0 aliphatic rings. The van der Waals surface area contributed by atoms with Crippen LogP contribution >= 0.6 is 0 Å². The first-order valence-electron chi connectivity index (χ1n) is 5.22. The SMILES string of the molecule is C[C@@H](NC(=O)c1cc(C(C)(C)C)on1)C(=O)O. The van der Waals surface area contributed by atoms with Crippen molar-refractivity contribution in [2.24, 2.45) is 0 Å². The minimum absolute atomic E-state index is 0.0861. The van der Waals surface area contributed by atoms with Gasteiger partial charge in [-0.15, -0.1) is 0 Å². The normalized spacial score (nSPS) is 13.2. The lowest BCUT2D eigenvalue weighted by atomic mass is 9.93. The van der Waals surface area contributed by atoms with Crippen molar-refractivity contribution in [3.8, 4) is 0 Å². The number of nitrogens with zero attached hydrogens (tertiary/aromatic N) is 1. The standard InChI is InChI=1S/C11H16N2O4/c1-6(10(15)16)12-9(14)7-5-8(17-13-7)11(2,3)4/h5-6H,1-4H3,(H,12,14)(H,15,16)/t6-/m1/s1. The zero-order valence-corrected chi connectivity index (χ0v) is 10.3. The number of carbonyl (C=O) groups is 2. The maximum atomic E-state index is 11.6. The van der Waals surface area contributed by atoms with Gasteiger partial charge in [-0.05, 0) is 6.92 Å². The molecule has 1 heterocycles. The monoisotopic (exact) mass is 240 g/mol. The van der Waals surface area contributed by atoms with Crippen molar-refractivity contribution < 1.29 is 19.2 Å². The summed E-state index contributed by atoms with van der Waals surface area (Å²) in [6.45, 7) is 7.16. The number of carbonyl (C=O) groups excluding carboxylic acids is 1. The summed E-state index contributed by atoms with van der Waals surface area (Å²) < 4.78 is 5.03. The molecule has 0 unspecified atom stereocenters. The largest absolute Gasteiger partial charge is 0.480 e. The molecule has 0 saturated heterocycles. The first-order valence-corrected chi connectivity index (χ1v) is 5.22. The summed E-state index contributed by atoms with van der Waals surface area (Å²) in [7, 11) is 0. The van der Waals surface area contributed by atoms with Crippen molar-refractivity contribution in [2.75, 3.05) is 0 Å². The molecule has 1 aromatic heterocycles. The Morgan fingerprint density at radius 1 is 1.47 bits per heavy atom. The van der Waals surface area contributed by atoms with Crippen LogP contribution in [0.3, 0.4) is 0 Å². The van der Waals surface area contributed by atoms with E-state index >= 15 is 0 Å². The highest BCUT2D eigenvalue weighted by Crippen LogP contribution is 2.22. The number of amides is 1. The number of carboxylic acid groups (broad SMARTS) is 1. The van der Waals surface area contributed by atoms with E-state index in [-0.39, 0.29) is 11.1 Å². The lowest BCUT2D eigenvalue weighted by Gasteiger charge is -2.12. The van der Waals surface area contributed by atoms with Gasteiger partial charge in [0.2, 0.25) is 0 Å². The van der Waals surface area contributed by atoms with Gasteiger partial charge in [0.05, 0.1) is 0 Å². The number of hydrogen-bond donors (Lipinski definition) is 2. The number of aromatic nitrogens is 1. The second-order valence-electron chi connectivity index (χ2n) is 4.86. The molecule has 6 nitrogen and oxygen atoms in total. The molecule has 0 fully saturated rings. The molecular formula is C11H16N2O4. The molecule has 0 aromatic carbocycles. The predicted octanol–water partition coefficient (Wildman–Crippen LogP) is 1.17. The molecule has 94 valence electrons. The van der Waals surface area contributed by atoms with Crippen LogP contribution in [0.1, 0.15) is 43.9 Å². The Morgan fingerprint density at radius 3 is 2.47 bits per heavy atom. The number of rotatable bonds is 3. The van der Waals surface area contributed by atoms with Gasteiger partial charge >= 0.3 is 5.97 Å². The Bertz CT molecular complexity index is 431. The fourth-order valence-electron chi connectivity index (χ4n) is 1.07. The summed E-state index contributed by atoms with van der Waals surface area (Å²) in [5, 5.41) is 14.6. The second-order valence-corrected chi connectivity index (χ2v) is 4.86. The van der Waals surface area contributed by atoms with E-state index in [4.69, 9.17) is 9.63 Å². The zero-order chi connectivity index (χ0) is 13.2. The molecule has 0 bridgehead atoms. The van der Waals surface area contributed by atoms with Crippen molar-refractivity contribution in [3.63, 3.8) is 0 Å². The molecule has 1 atom stereocenters. The maximum absolute atomic E-state index is 11.6. The Balaban J connectivity index is 2.78. The van der Waals surface area contributed by atoms with Crippen molar-refractivity contribution in [1.82, 2.24) is 10.5 Å². The van der Waals surface area contributed by atoms with Gasteiger partial charge in [-0.3, -0.25) is 9.59 Å². The molecule has 0 aliphatic carbocycles. The van der Waals surface area contributed by atoms with E-state index in [0.29, 0.717) is 5.76 Å². The van der Waals surface area contributed by atoms with E-state index in [1.54, 1.807) is 0 Å². The molecule has 1 amide bonds. The van der Waals surface area contributed by atoms with E-state index in [2.05, 4.69) is 10.5 Å². The van der Waals surface area contributed by atoms with Gasteiger partial charge in [-0.1, -0.05) is 25.9 Å². The Kier molecular flexibility index (Phi) is 3.55. The third kappa shape index (κ3) is 3.30. The highest BCUT2D eigenvalue weighted by Gasteiger charge is 2.23. The number of nitrogens with one attached hydrogen (secondary N) is 1. The lowest BCUT2D eigenvalue weighted by Crippen LogP contribution is -2.38. The van der Waals surface area contributed by atoms with Gasteiger partial charge in [0.1, 0.15) is 11.8 Å². The van der Waals surface area contributed by atoms with Gasteiger partial charge in [-0.25, -0.2) is 0 Å². The van der Waals surface area contributed by atoms with Crippen LogP contribution in [0, 0.1) is 0 Å².